The highest BCUT2D eigenvalue weighted by atomic mass is 19.2. The van der Waals surface area contributed by atoms with Crippen molar-refractivity contribution in [2.45, 2.75) is 66.3 Å². The summed E-state index contributed by atoms with van der Waals surface area (Å²) in [7, 11) is 1.42. The average Bonchev–Trinajstić information content (AvgIpc) is 3.73. The van der Waals surface area contributed by atoms with Crippen molar-refractivity contribution in [1.82, 2.24) is 30.5 Å². The van der Waals surface area contributed by atoms with E-state index in [2.05, 4.69) is 26.0 Å². The summed E-state index contributed by atoms with van der Waals surface area (Å²) in [5, 5.41) is 31.4. The first-order valence-electron chi connectivity index (χ1n) is 15.9. The highest BCUT2D eigenvalue weighted by Crippen LogP contribution is 2.36. The molecule has 260 valence electrons. The highest BCUT2D eigenvalue weighted by Gasteiger charge is 2.29. The Morgan fingerprint density at radius 1 is 1.00 bits per heavy atom. The fraction of sp³-hybridized carbons (Fsp3) is 0.306. The van der Waals surface area contributed by atoms with Gasteiger partial charge in [-0.3, -0.25) is 14.4 Å². The van der Waals surface area contributed by atoms with E-state index in [4.69, 9.17) is 0 Å². The Labute approximate surface area is 283 Å². The maximum absolute atomic E-state index is 13.6. The minimum Gasteiger partial charge on any atom is -0.364 e. The summed E-state index contributed by atoms with van der Waals surface area (Å²) in [6.07, 6.45) is 8.79. The van der Waals surface area contributed by atoms with Crippen LogP contribution in [0.3, 0.4) is 0 Å². The molecule has 49 heavy (non-hydrogen) atoms. The van der Waals surface area contributed by atoms with Crippen LogP contribution in [-0.4, -0.2) is 49.6 Å². The van der Waals surface area contributed by atoms with Gasteiger partial charge in [0.2, 0.25) is 0 Å². The molecule has 0 radical (unpaired) electrons. The molecule has 1 atom stereocenters. The second kappa shape index (κ2) is 17.8. The van der Waals surface area contributed by atoms with Gasteiger partial charge >= 0.3 is 0 Å². The third-order valence-corrected chi connectivity index (χ3v) is 7.66. The Hall–Kier alpha value is -5.27. The van der Waals surface area contributed by atoms with E-state index in [0.717, 1.165) is 28.8 Å². The number of halogens is 2. The average molecular weight is 677 g/mol. The number of fused-ring (bicyclic) bond motifs is 2. The second-order valence-electron chi connectivity index (χ2n) is 10.7. The number of aliphatic hydroxyl groups is 2. The SMILES string of the molecule is C/C=C\C=C/C.CC.CNC(=O)c1cnn2c(C(=O)NC3CCc4c3ccc(C(O)O)c4C)cc(C(=O)NCc3ccc(F)c(F)c3)nc12. The van der Waals surface area contributed by atoms with Crippen LogP contribution in [0.25, 0.3) is 5.65 Å². The van der Waals surface area contributed by atoms with E-state index in [0.29, 0.717) is 24.0 Å². The van der Waals surface area contributed by atoms with Crippen molar-refractivity contribution in [2.24, 2.45) is 0 Å². The molecule has 1 aliphatic carbocycles. The van der Waals surface area contributed by atoms with Crippen LogP contribution in [0, 0.1) is 18.6 Å². The molecule has 0 saturated carbocycles. The highest BCUT2D eigenvalue weighted by molar-refractivity contribution is 6.03. The molecular formula is C36H42F2N6O5. The lowest BCUT2D eigenvalue weighted by Crippen LogP contribution is -2.31. The summed E-state index contributed by atoms with van der Waals surface area (Å²) in [6, 6.07) is 7.40. The van der Waals surface area contributed by atoms with Crippen molar-refractivity contribution in [3.63, 3.8) is 0 Å². The zero-order chi connectivity index (χ0) is 36.2. The van der Waals surface area contributed by atoms with Crippen molar-refractivity contribution in [3.05, 3.63) is 123 Å². The van der Waals surface area contributed by atoms with Crippen molar-refractivity contribution in [3.8, 4) is 0 Å². The van der Waals surface area contributed by atoms with E-state index in [1.807, 2.05) is 52.0 Å². The van der Waals surface area contributed by atoms with Gasteiger partial charge in [-0.2, -0.15) is 5.10 Å². The number of hydrogen-bond acceptors (Lipinski definition) is 7. The normalized spacial score (nSPS) is 13.5. The number of hydrogen-bond donors (Lipinski definition) is 5. The van der Waals surface area contributed by atoms with Crippen molar-refractivity contribution < 1.29 is 33.4 Å². The van der Waals surface area contributed by atoms with Crippen LogP contribution >= 0.6 is 0 Å². The number of aliphatic hydroxyl groups excluding tert-OH is 1. The molecule has 0 aliphatic heterocycles. The summed E-state index contributed by atoms with van der Waals surface area (Å²) >= 11 is 0. The number of rotatable bonds is 8. The molecule has 2 aromatic heterocycles. The molecule has 2 aromatic carbocycles. The quantitative estimate of drug-likeness (QED) is 0.127. The number of nitrogens with one attached hydrogen (secondary N) is 3. The molecule has 11 nitrogen and oxygen atoms in total. The maximum atomic E-state index is 13.6. The van der Waals surface area contributed by atoms with Crippen LogP contribution in [0.15, 0.2) is 66.9 Å². The molecule has 0 spiro atoms. The molecule has 0 bridgehead atoms. The zero-order valence-corrected chi connectivity index (χ0v) is 28.3. The van der Waals surface area contributed by atoms with Crippen molar-refractivity contribution in [1.29, 1.82) is 0 Å². The number of amides is 3. The topological polar surface area (TPSA) is 158 Å². The van der Waals surface area contributed by atoms with Gasteiger partial charge in [0.1, 0.15) is 17.0 Å². The smallest absolute Gasteiger partial charge is 0.270 e. The molecular weight excluding hydrogens is 634 g/mol. The van der Waals surface area contributed by atoms with Gasteiger partial charge < -0.3 is 26.2 Å². The van der Waals surface area contributed by atoms with E-state index in [9.17, 15) is 33.4 Å². The van der Waals surface area contributed by atoms with E-state index in [1.54, 1.807) is 19.1 Å². The minimum atomic E-state index is -1.61. The van der Waals surface area contributed by atoms with Crippen LogP contribution in [0.4, 0.5) is 8.78 Å². The number of aromatic nitrogens is 3. The fourth-order valence-corrected chi connectivity index (χ4v) is 5.24. The first-order valence-corrected chi connectivity index (χ1v) is 15.9. The van der Waals surface area contributed by atoms with Crippen molar-refractivity contribution >= 4 is 23.4 Å². The van der Waals surface area contributed by atoms with E-state index >= 15 is 0 Å². The first-order chi connectivity index (χ1) is 23.5. The number of nitrogens with zero attached hydrogens (tertiary/aromatic N) is 3. The number of carbonyl (C=O) groups is 3. The van der Waals surface area contributed by atoms with Crippen molar-refractivity contribution in [2.75, 3.05) is 7.05 Å². The van der Waals surface area contributed by atoms with Crippen LogP contribution < -0.4 is 16.0 Å². The molecule has 5 N–H and O–H groups in total. The van der Waals surface area contributed by atoms with Crippen LogP contribution in [0.5, 0.6) is 0 Å². The first kappa shape index (κ1) is 38.2. The predicted octanol–water partition coefficient (Wildman–Crippen LogP) is 5.17. The van der Waals surface area contributed by atoms with Crippen LogP contribution in [0.2, 0.25) is 0 Å². The molecule has 2 heterocycles. The lowest BCUT2D eigenvalue weighted by atomic mass is 9.97. The zero-order valence-electron chi connectivity index (χ0n) is 28.3. The third kappa shape index (κ3) is 9.00. The van der Waals surface area contributed by atoms with Gasteiger partial charge in [-0.25, -0.2) is 18.3 Å². The van der Waals surface area contributed by atoms with Gasteiger partial charge in [-0.05, 0) is 68.0 Å². The monoisotopic (exact) mass is 676 g/mol. The lowest BCUT2D eigenvalue weighted by Gasteiger charge is -2.17. The van der Waals surface area contributed by atoms with Gasteiger partial charge in [-0.1, -0.05) is 56.4 Å². The largest absolute Gasteiger partial charge is 0.364 e. The molecule has 0 saturated heterocycles. The number of carbonyl (C=O) groups excluding carboxylic acids is 3. The molecule has 1 aliphatic rings. The summed E-state index contributed by atoms with van der Waals surface area (Å²) in [5.41, 5.74) is 2.94. The van der Waals surface area contributed by atoms with Crippen LogP contribution in [0.1, 0.15) is 106 Å². The van der Waals surface area contributed by atoms with E-state index in [1.165, 1.54) is 29.9 Å². The number of allylic oxidation sites excluding steroid dienone is 4. The molecule has 13 heteroatoms. The Balaban J connectivity index is 0.000000735. The van der Waals surface area contributed by atoms with Gasteiger partial charge in [0, 0.05) is 25.2 Å². The summed E-state index contributed by atoms with van der Waals surface area (Å²) in [4.78, 5) is 43.3. The molecule has 3 amide bonds. The van der Waals surface area contributed by atoms with Gasteiger partial charge in [0.25, 0.3) is 17.7 Å². The molecule has 4 aromatic rings. The van der Waals surface area contributed by atoms with E-state index in [-0.39, 0.29) is 29.1 Å². The standard InChI is InChI=1S/C28H26F2N6O5.C6H10.C2H6/c1-13-15-6-8-21(17(15)5-4-16(13)28(40)41)35-27(39)23-10-22(34-24-18(25(37)31-2)12-33-36(23)24)26(38)32-11-14-3-7-19(29)20(30)9-14;1-3-5-6-4-2;1-2/h3-5,7,9-10,12,21,28,40-41H,6,8,11H2,1-2H3,(H,31,37)(H,32,38)(H,35,39);3-6H,1-2H3;1-2H3/b;5-3-,6-4-;. The Morgan fingerprint density at radius 3 is 2.31 bits per heavy atom. The molecule has 5 rings (SSSR count). The lowest BCUT2D eigenvalue weighted by molar-refractivity contribution is -0.0429. The van der Waals surface area contributed by atoms with E-state index < -0.39 is 41.7 Å². The Morgan fingerprint density at radius 2 is 1.69 bits per heavy atom. The second-order valence-corrected chi connectivity index (χ2v) is 10.7. The minimum absolute atomic E-state index is 0.0285. The summed E-state index contributed by atoms with van der Waals surface area (Å²) in [6.45, 7) is 9.65. The summed E-state index contributed by atoms with van der Waals surface area (Å²) < 4.78 is 28.0. The van der Waals surface area contributed by atoms with Crippen LogP contribution in [-0.2, 0) is 13.0 Å². The molecule has 1 unspecified atom stereocenters. The van der Waals surface area contributed by atoms with Gasteiger partial charge in [0.15, 0.2) is 23.6 Å². The Kier molecular flexibility index (Phi) is 13.8. The van der Waals surface area contributed by atoms with Gasteiger partial charge in [0.05, 0.1) is 12.2 Å². The summed E-state index contributed by atoms with van der Waals surface area (Å²) in [5.74, 6) is -3.90. The maximum Gasteiger partial charge on any atom is 0.270 e. The third-order valence-electron chi connectivity index (χ3n) is 7.66. The number of benzene rings is 2. The van der Waals surface area contributed by atoms with Gasteiger partial charge in [-0.15, -0.1) is 0 Å². The Bertz CT molecular complexity index is 1860. The fourth-order valence-electron chi connectivity index (χ4n) is 5.24. The molecule has 0 fully saturated rings. The predicted molar refractivity (Wildman–Crippen MR) is 182 cm³/mol.